The summed E-state index contributed by atoms with van der Waals surface area (Å²) >= 11 is 1.52. The molecule has 0 bridgehead atoms. The Bertz CT molecular complexity index is 1770. The van der Waals surface area contributed by atoms with Gasteiger partial charge in [-0.3, -0.25) is 9.36 Å². The van der Waals surface area contributed by atoms with E-state index in [0.717, 1.165) is 35.0 Å². The van der Waals surface area contributed by atoms with E-state index in [1.54, 1.807) is 28.5 Å². The van der Waals surface area contributed by atoms with Crippen molar-refractivity contribution in [1.82, 2.24) is 30.0 Å². The lowest BCUT2D eigenvalue weighted by Gasteiger charge is -2.23. The molecule has 5 aromatic rings. The smallest absolute Gasteiger partial charge is 0.268 e. The van der Waals surface area contributed by atoms with Gasteiger partial charge in [0.2, 0.25) is 5.95 Å². The average Bonchev–Trinajstić information content (AvgIpc) is 3.62. The fraction of sp³-hybridized carbons (Fsp3) is 0.300. The van der Waals surface area contributed by atoms with Crippen LogP contribution in [0.15, 0.2) is 57.6 Å². The number of hydrogen-bond acceptors (Lipinski definition) is 9. The van der Waals surface area contributed by atoms with Gasteiger partial charge in [0.1, 0.15) is 17.1 Å². The first-order valence-electron chi connectivity index (χ1n) is 13.4. The highest BCUT2D eigenvalue weighted by Crippen LogP contribution is 2.25. The number of thiazole rings is 1. The summed E-state index contributed by atoms with van der Waals surface area (Å²) in [7, 11) is 0. The number of fused-ring (bicyclic) bond motifs is 1. The first-order valence-corrected chi connectivity index (χ1v) is 14.3. The van der Waals surface area contributed by atoms with Gasteiger partial charge in [0.05, 0.1) is 23.8 Å². The first kappa shape index (κ1) is 25.9. The maximum absolute atomic E-state index is 13.7. The number of nitrogens with zero attached hydrogens (tertiary/aromatic N) is 5. The number of aryl methyl sites for hydroxylation is 2. The van der Waals surface area contributed by atoms with E-state index in [-0.39, 0.29) is 12.1 Å². The molecule has 1 saturated heterocycles. The number of piperidine rings is 1. The molecule has 9 nitrogen and oxygen atoms in total. The topological polar surface area (TPSA) is 111 Å². The summed E-state index contributed by atoms with van der Waals surface area (Å²) in [5.74, 6) is 7.75. The van der Waals surface area contributed by atoms with E-state index in [1.807, 2.05) is 26.0 Å². The zero-order valence-corrected chi connectivity index (χ0v) is 23.2. The maximum atomic E-state index is 13.7. The summed E-state index contributed by atoms with van der Waals surface area (Å²) in [6.45, 7) is 6.31. The molecule has 0 aliphatic carbocycles. The van der Waals surface area contributed by atoms with Crippen molar-refractivity contribution in [1.29, 1.82) is 0 Å². The highest BCUT2D eigenvalue weighted by molar-refractivity contribution is 7.09. The van der Waals surface area contributed by atoms with Gasteiger partial charge in [0.15, 0.2) is 0 Å². The van der Waals surface area contributed by atoms with Crippen LogP contribution >= 0.6 is 11.3 Å². The molecule has 1 aliphatic rings. The number of hydrogen-bond donors (Lipinski definition) is 2. The molecule has 4 aromatic heterocycles. The molecular weight excluding hydrogens is 522 g/mol. The summed E-state index contributed by atoms with van der Waals surface area (Å²) in [6.07, 6.45) is 6.43. The molecule has 1 aliphatic heterocycles. The van der Waals surface area contributed by atoms with Gasteiger partial charge >= 0.3 is 0 Å². The van der Waals surface area contributed by atoms with Gasteiger partial charge in [0.25, 0.3) is 5.56 Å². The van der Waals surface area contributed by atoms with Crippen LogP contribution < -0.4 is 16.2 Å². The lowest BCUT2D eigenvalue weighted by atomic mass is 9.92. The van der Waals surface area contributed by atoms with Crippen molar-refractivity contribution in [3.8, 4) is 11.8 Å². The predicted octanol–water partition coefficient (Wildman–Crippen LogP) is 4.77. The Morgan fingerprint density at radius 3 is 2.83 bits per heavy atom. The van der Waals surface area contributed by atoms with Crippen LogP contribution in [-0.2, 0) is 13.0 Å². The number of benzene rings is 1. The van der Waals surface area contributed by atoms with Crippen LogP contribution in [0.25, 0.3) is 11.0 Å². The monoisotopic (exact) mass is 551 g/mol. The summed E-state index contributed by atoms with van der Waals surface area (Å²) < 4.78 is 7.00. The summed E-state index contributed by atoms with van der Waals surface area (Å²) in [5.41, 5.74) is 6.07. The van der Waals surface area contributed by atoms with Crippen molar-refractivity contribution in [2.45, 2.75) is 45.6 Å². The van der Waals surface area contributed by atoms with Gasteiger partial charge in [0, 0.05) is 40.7 Å². The lowest BCUT2D eigenvalue weighted by molar-refractivity contribution is 0.385. The van der Waals surface area contributed by atoms with Crippen LogP contribution in [0.2, 0.25) is 0 Å². The minimum atomic E-state index is -0.244. The second kappa shape index (κ2) is 11.4. The number of rotatable bonds is 6. The van der Waals surface area contributed by atoms with E-state index in [0.29, 0.717) is 40.6 Å². The van der Waals surface area contributed by atoms with Gasteiger partial charge in [-0.1, -0.05) is 30.1 Å². The van der Waals surface area contributed by atoms with Crippen LogP contribution in [0.3, 0.4) is 0 Å². The second-order valence-electron chi connectivity index (χ2n) is 9.85. The van der Waals surface area contributed by atoms with E-state index in [1.165, 1.54) is 29.7 Å². The van der Waals surface area contributed by atoms with Gasteiger partial charge in [-0.05, 0) is 61.9 Å². The number of aromatic nitrogens is 5. The molecule has 0 saturated carbocycles. The molecule has 1 atom stereocenters. The number of pyridine rings is 1. The Kier molecular flexibility index (Phi) is 7.40. The largest absolute Gasteiger partial charge is 0.361 e. The van der Waals surface area contributed by atoms with Crippen molar-refractivity contribution in [3.63, 3.8) is 0 Å². The molecule has 40 heavy (non-hydrogen) atoms. The van der Waals surface area contributed by atoms with Crippen molar-refractivity contribution < 1.29 is 4.52 Å². The van der Waals surface area contributed by atoms with Crippen molar-refractivity contribution >= 4 is 34.0 Å². The predicted molar refractivity (Wildman–Crippen MR) is 156 cm³/mol. The maximum Gasteiger partial charge on any atom is 0.268 e. The fourth-order valence-corrected chi connectivity index (χ4v) is 5.52. The van der Waals surface area contributed by atoms with E-state index in [9.17, 15) is 4.79 Å². The molecule has 5 heterocycles. The zero-order chi connectivity index (χ0) is 27.5. The third kappa shape index (κ3) is 5.39. The Hall–Kier alpha value is -4.33. The van der Waals surface area contributed by atoms with E-state index in [4.69, 9.17) is 9.51 Å². The number of nitrogens with one attached hydrogen (secondary N) is 2. The molecule has 1 unspecified atom stereocenters. The highest BCUT2D eigenvalue weighted by Gasteiger charge is 2.17. The summed E-state index contributed by atoms with van der Waals surface area (Å²) in [5, 5.41) is 11.4. The SMILES string of the molecule is CCc1oncc1Cn1c(=O)c(C#Cc2ncsc2C)cc2cnc(Nc3ccc(C4CCCNC4)cc3)nc21. The molecule has 202 valence electrons. The Morgan fingerprint density at radius 2 is 2.08 bits per heavy atom. The van der Waals surface area contributed by atoms with Crippen LogP contribution in [0.1, 0.15) is 58.7 Å². The normalized spacial score (nSPS) is 15.1. The Balaban J connectivity index is 1.36. The van der Waals surface area contributed by atoms with Crippen molar-refractivity contribution in [3.05, 3.63) is 91.6 Å². The molecule has 0 spiro atoms. The van der Waals surface area contributed by atoms with Crippen LogP contribution in [0, 0.1) is 18.8 Å². The average molecular weight is 552 g/mol. The van der Waals surface area contributed by atoms with Gasteiger partial charge in [-0.25, -0.2) is 9.97 Å². The van der Waals surface area contributed by atoms with E-state index in [2.05, 4.69) is 49.7 Å². The lowest BCUT2D eigenvalue weighted by Crippen LogP contribution is -2.28. The van der Waals surface area contributed by atoms with Crippen molar-refractivity contribution in [2.75, 3.05) is 18.4 Å². The molecule has 10 heteroatoms. The van der Waals surface area contributed by atoms with Crippen LogP contribution in [-0.4, -0.2) is 37.8 Å². The molecule has 2 N–H and O–H groups in total. The minimum absolute atomic E-state index is 0.244. The van der Waals surface area contributed by atoms with Crippen molar-refractivity contribution in [2.24, 2.45) is 0 Å². The van der Waals surface area contributed by atoms with Gasteiger partial charge < -0.3 is 15.2 Å². The van der Waals surface area contributed by atoms with Gasteiger partial charge in [-0.15, -0.1) is 11.3 Å². The molecule has 6 rings (SSSR count). The van der Waals surface area contributed by atoms with Crippen LogP contribution in [0.4, 0.5) is 11.6 Å². The Labute approximate surface area is 235 Å². The molecule has 1 aromatic carbocycles. The highest BCUT2D eigenvalue weighted by atomic mass is 32.1. The molecule has 0 amide bonds. The zero-order valence-electron chi connectivity index (χ0n) is 22.4. The number of anilines is 2. The third-order valence-electron chi connectivity index (χ3n) is 7.20. The second-order valence-corrected chi connectivity index (χ2v) is 10.9. The molecular formula is C30H29N7O2S. The summed E-state index contributed by atoms with van der Waals surface area (Å²) in [6, 6.07) is 10.2. The Morgan fingerprint density at radius 1 is 1.20 bits per heavy atom. The van der Waals surface area contributed by atoms with E-state index < -0.39 is 0 Å². The first-order chi connectivity index (χ1) is 19.6. The van der Waals surface area contributed by atoms with E-state index >= 15 is 0 Å². The third-order valence-corrected chi connectivity index (χ3v) is 7.96. The summed E-state index contributed by atoms with van der Waals surface area (Å²) in [4.78, 5) is 28.3. The molecule has 1 fully saturated rings. The quantitative estimate of drug-likeness (QED) is 0.291. The standard InChI is InChI=1S/C30H29N7O2S/c1-3-27-24(16-34-39-27)17-37-28-23(13-21(29(37)38)8-11-26-19(2)40-18-33-26)15-32-30(36-28)35-25-9-6-20(7-10-25)22-5-4-12-31-14-22/h6-7,9-10,13,15-16,18,22,31H,3-5,12,14,17H2,1-2H3,(H,32,35,36). The van der Waals surface area contributed by atoms with Gasteiger partial charge in [-0.2, -0.15) is 4.98 Å². The minimum Gasteiger partial charge on any atom is -0.361 e. The fourth-order valence-electron chi connectivity index (χ4n) is 4.99. The molecule has 0 radical (unpaired) electrons. The van der Waals surface area contributed by atoms with Crippen LogP contribution in [0.5, 0.6) is 0 Å².